The Morgan fingerprint density at radius 3 is 2.45 bits per heavy atom. The van der Waals surface area contributed by atoms with Crippen molar-refractivity contribution >= 4 is 65.1 Å². The summed E-state index contributed by atoms with van der Waals surface area (Å²) in [6.45, 7) is 0. The summed E-state index contributed by atoms with van der Waals surface area (Å²) in [5.41, 5.74) is 4.92. The van der Waals surface area contributed by atoms with Crippen molar-refractivity contribution in [2.24, 2.45) is 5.73 Å². The molecule has 1 heterocycles. The Hall–Kier alpha value is -0.490. The van der Waals surface area contributed by atoms with E-state index in [-0.39, 0.29) is 17.7 Å². The Labute approximate surface area is 135 Å². The van der Waals surface area contributed by atoms with Gasteiger partial charge >= 0.3 is 5.97 Å². The average Bonchev–Trinajstić information content (AvgIpc) is 2.64. The first-order chi connectivity index (χ1) is 9.13. The third kappa shape index (κ3) is 4.81. The monoisotopic (exact) mass is 448 g/mol. The van der Waals surface area contributed by atoms with Crippen LogP contribution in [0.1, 0.15) is 12.8 Å². The van der Waals surface area contributed by atoms with Crippen molar-refractivity contribution in [1.29, 1.82) is 0 Å². The van der Waals surface area contributed by atoms with Gasteiger partial charge in [0.1, 0.15) is 10.9 Å². The maximum absolute atomic E-state index is 12.1. The molecule has 0 saturated carbocycles. The van der Waals surface area contributed by atoms with Crippen LogP contribution in [0.5, 0.6) is 0 Å². The van der Waals surface area contributed by atoms with Gasteiger partial charge in [-0.1, -0.05) is 0 Å². The minimum absolute atomic E-state index is 0.0697. The molecule has 0 spiro atoms. The number of rotatable bonds is 7. The lowest BCUT2D eigenvalue weighted by molar-refractivity contribution is -0.139. The number of amides is 1. The predicted octanol–water partition coefficient (Wildman–Crippen LogP) is 1.27. The van der Waals surface area contributed by atoms with Crippen molar-refractivity contribution in [3.05, 3.63) is 13.6 Å². The first-order valence-corrected chi connectivity index (χ1v) is 9.00. The number of nitrogens with one attached hydrogen (secondary N) is 1. The zero-order chi connectivity index (χ0) is 15.5. The van der Waals surface area contributed by atoms with E-state index < -0.39 is 27.9 Å². The minimum atomic E-state index is -4.01. The third-order valence-electron chi connectivity index (χ3n) is 2.19. The lowest BCUT2D eigenvalue weighted by atomic mass is 10.2. The van der Waals surface area contributed by atoms with Gasteiger partial charge in [-0.05, 0) is 44.3 Å². The highest BCUT2D eigenvalue weighted by molar-refractivity contribution is 9.12. The summed E-state index contributed by atoms with van der Waals surface area (Å²) in [7, 11) is -4.01. The molecule has 0 saturated heterocycles. The predicted molar refractivity (Wildman–Crippen MR) is 79.9 cm³/mol. The van der Waals surface area contributed by atoms with Crippen LogP contribution in [0, 0.1) is 0 Å². The quantitative estimate of drug-likeness (QED) is 0.577. The molecule has 0 fully saturated rings. The molecule has 1 aromatic rings. The molecular weight excluding hydrogens is 440 g/mol. The summed E-state index contributed by atoms with van der Waals surface area (Å²) in [6.07, 6.45) is -0.444. The van der Waals surface area contributed by atoms with Gasteiger partial charge in [0.05, 0.1) is 7.57 Å². The standard InChI is InChI=1S/C9H10Br2N2O5S2/c10-6-3-5(8(11)19-6)20(17,18)13-4(9(15)16)1-2-7(12)14/h3-4,13H,1-2H2,(H2,12,14)(H,15,16)/t4-/m1/s1. The zero-order valence-corrected chi connectivity index (χ0v) is 14.6. The molecule has 1 aromatic heterocycles. The fourth-order valence-electron chi connectivity index (χ4n) is 1.28. The van der Waals surface area contributed by atoms with Gasteiger partial charge in [-0.2, -0.15) is 4.72 Å². The number of carbonyl (C=O) groups excluding carboxylic acids is 1. The second-order valence-electron chi connectivity index (χ2n) is 3.71. The number of carbonyl (C=O) groups is 2. The molecule has 0 aromatic carbocycles. The molecule has 0 aliphatic heterocycles. The van der Waals surface area contributed by atoms with E-state index in [1.165, 1.54) is 6.07 Å². The van der Waals surface area contributed by atoms with Gasteiger partial charge < -0.3 is 10.8 Å². The van der Waals surface area contributed by atoms with Crippen LogP contribution in [0.3, 0.4) is 0 Å². The minimum Gasteiger partial charge on any atom is -0.480 e. The molecule has 112 valence electrons. The van der Waals surface area contributed by atoms with E-state index in [0.717, 1.165) is 11.3 Å². The molecule has 4 N–H and O–H groups in total. The van der Waals surface area contributed by atoms with Gasteiger partial charge in [-0.15, -0.1) is 11.3 Å². The van der Waals surface area contributed by atoms with E-state index in [9.17, 15) is 18.0 Å². The van der Waals surface area contributed by atoms with Crippen LogP contribution in [0.25, 0.3) is 0 Å². The lowest BCUT2D eigenvalue weighted by Crippen LogP contribution is -2.41. The van der Waals surface area contributed by atoms with Crippen LogP contribution < -0.4 is 10.5 Å². The number of carboxylic acid groups (broad SMARTS) is 1. The number of hydrogen-bond donors (Lipinski definition) is 3. The lowest BCUT2D eigenvalue weighted by Gasteiger charge is -2.13. The smallest absolute Gasteiger partial charge is 0.321 e. The van der Waals surface area contributed by atoms with Crippen LogP contribution in [0.15, 0.2) is 18.5 Å². The van der Waals surface area contributed by atoms with Crippen molar-refractivity contribution in [1.82, 2.24) is 4.72 Å². The van der Waals surface area contributed by atoms with Crippen LogP contribution >= 0.6 is 43.2 Å². The maximum atomic E-state index is 12.1. The van der Waals surface area contributed by atoms with E-state index >= 15 is 0 Å². The average molecular weight is 450 g/mol. The van der Waals surface area contributed by atoms with Crippen LogP contribution in [0.2, 0.25) is 0 Å². The zero-order valence-electron chi connectivity index (χ0n) is 9.80. The van der Waals surface area contributed by atoms with E-state index in [1.807, 2.05) is 4.72 Å². The van der Waals surface area contributed by atoms with Gasteiger partial charge in [-0.25, -0.2) is 8.42 Å². The molecular formula is C9H10Br2N2O5S2. The van der Waals surface area contributed by atoms with Crippen molar-refractivity contribution in [3.8, 4) is 0 Å². The third-order valence-corrected chi connectivity index (χ3v) is 6.42. The second kappa shape index (κ2) is 6.98. The molecule has 0 unspecified atom stereocenters. The Balaban J connectivity index is 2.94. The van der Waals surface area contributed by atoms with Crippen LogP contribution in [0.4, 0.5) is 0 Å². The summed E-state index contributed by atoms with van der Waals surface area (Å²) < 4.78 is 27.1. The molecule has 1 amide bonds. The summed E-state index contributed by atoms with van der Waals surface area (Å²) in [4.78, 5) is 21.6. The number of halogens is 2. The van der Waals surface area contributed by atoms with Crippen LogP contribution in [-0.2, 0) is 19.6 Å². The fraction of sp³-hybridized carbons (Fsp3) is 0.333. The Kier molecular flexibility index (Phi) is 6.13. The molecule has 0 aliphatic carbocycles. The summed E-state index contributed by atoms with van der Waals surface area (Å²) in [5, 5.41) is 8.97. The highest BCUT2D eigenvalue weighted by atomic mass is 79.9. The van der Waals surface area contributed by atoms with E-state index in [4.69, 9.17) is 10.8 Å². The molecule has 7 nitrogen and oxygen atoms in total. The van der Waals surface area contributed by atoms with Gasteiger partial charge in [0.15, 0.2) is 0 Å². The Morgan fingerprint density at radius 2 is 2.05 bits per heavy atom. The SMILES string of the molecule is NC(=O)CC[C@@H](NS(=O)(=O)c1cc(Br)sc1Br)C(=O)O. The Bertz CT molecular complexity index is 628. The van der Waals surface area contributed by atoms with Gasteiger partial charge in [-0.3, -0.25) is 9.59 Å². The van der Waals surface area contributed by atoms with E-state index in [1.54, 1.807) is 0 Å². The molecule has 0 radical (unpaired) electrons. The number of sulfonamides is 1. The van der Waals surface area contributed by atoms with Crippen molar-refractivity contribution in [2.45, 2.75) is 23.8 Å². The fourth-order valence-corrected chi connectivity index (χ4v) is 6.31. The molecule has 20 heavy (non-hydrogen) atoms. The second-order valence-corrected chi connectivity index (χ2v) is 9.14. The van der Waals surface area contributed by atoms with Gasteiger partial charge in [0.2, 0.25) is 15.9 Å². The molecule has 11 heteroatoms. The topological polar surface area (TPSA) is 127 Å². The number of nitrogens with two attached hydrogens (primary N) is 1. The summed E-state index contributed by atoms with van der Waals surface area (Å²) >= 11 is 7.37. The van der Waals surface area contributed by atoms with Crippen LogP contribution in [-0.4, -0.2) is 31.4 Å². The van der Waals surface area contributed by atoms with Crippen molar-refractivity contribution < 1.29 is 23.1 Å². The normalized spacial score (nSPS) is 13.1. The number of primary amides is 1. The maximum Gasteiger partial charge on any atom is 0.321 e. The molecule has 0 bridgehead atoms. The van der Waals surface area contributed by atoms with Gasteiger partial charge in [0.25, 0.3) is 0 Å². The largest absolute Gasteiger partial charge is 0.480 e. The Morgan fingerprint density at radius 1 is 1.45 bits per heavy atom. The number of thiophene rings is 1. The number of aliphatic carboxylic acids is 1. The number of carboxylic acids is 1. The van der Waals surface area contributed by atoms with Crippen molar-refractivity contribution in [2.75, 3.05) is 0 Å². The highest BCUT2D eigenvalue weighted by Crippen LogP contribution is 2.34. The first kappa shape index (κ1) is 17.6. The molecule has 0 aliphatic rings. The summed E-state index contributed by atoms with van der Waals surface area (Å²) in [5.74, 6) is -2.07. The highest BCUT2D eigenvalue weighted by Gasteiger charge is 2.28. The molecule has 1 rings (SSSR count). The van der Waals surface area contributed by atoms with Gasteiger partial charge in [0, 0.05) is 6.42 Å². The molecule has 1 atom stereocenters. The summed E-state index contributed by atoms with van der Waals surface area (Å²) in [6, 6.07) is -0.0672. The van der Waals surface area contributed by atoms with E-state index in [2.05, 4.69) is 31.9 Å². The first-order valence-electron chi connectivity index (χ1n) is 5.11. The number of hydrogen-bond acceptors (Lipinski definition) is 5. The van der Waals surface area contributed by atoms with E-state index in [0.29, 0.717) is 7.57 Å². The van der Waals surface area contributed by atoms with Crippen molar-refractivity contribution in [3.63, 3.8) is 0 Å².